The molecule has 4 amide bonds. The maximum Gasteiger partial charge on any atom is 0.331 e. The van der Waals surface area contributed by atoms with E-state index in [0.717, 1.165) is 9.91 Å². The summed E-state index contributed by atoms with van der Waals surface area (Å²) in [6.45, 7) is 3.94. The number of hydrogen-bond acceptors (Lipinski definition) is 6. The van der Waals surface area contributed by atoms with Crippen molar-refractivity contribution in [3.8, 4) is 0 Å². The van der Waals surface area contributed by atoms with Crippen LogP contribution in [0, 0.1) is 0 Å². The second-order valence-corrected chi connectivity index (χ2v) is 8.09. The fraction of sp³-hybridized carbons (Fsp3) is 0.500. The molecule has 3 aliphatic rings. The Morgan fingerprint density at radius 2 is 1.74 bits per heavy atom. The van der Waals surface area contributed by atoms with Crippen molar-refractivity contribution in [2.45, 2.75) is 64.1 Å². The molecule has 4 rings (SSSR count). The van der Waals surface area contributed by atoms with Crippen LogP contribution < -0.4 is 0 Å². The molecule has 9 heteroatoms. The number of carbonyl (C=O) groups is 5. The monoisotopic (exact) mass is 427 g/mol. The third-order valence-corrected chi connectivity index (χ3v) is 6.13. The minimum atomic E-state index is -1.15. The van der Waals surface area contributed by atoms with Gasteiger partial charge in [0.1, 0.15) is 6.04 Å². The van der Waals surface area contributed by atoms with Gasteiger partial charge in [0.05, 0.1) is 17.2 Å². The Kier molecular flexibility index (Phi) is 5.51. The Morgan fingerprint density at radius 1 is 1.10 bits per heavy atom. The van der Waals surface area contributed by atoms with E-state index in [4.69, 9.17) is 4.74 Å². The summed E-state index contributed by atoms with van der Waals surface area (Å²) < 4.78 is 5.45. The lowest BCUT2D eigenvalue weighted by Gasteiger charge is -2.43. The number of benzene rings is 1. The Balaban J connectivity index is 1.67. The van der Waals surface area contributed by atoms with Gasteiger partial charge < -0.3 is 4.74 Å². The van der Waals surface area contributed by atoms with Gasteiger partial charge in [-0.05, 0) is 44.7 Å². The number of fused-ring (bicyclic) bond motifs is 2. The van der Waals surface area contributed by atoms with Crippen LogP contribution in [0.15, 0.2) is 24.3 Å². The molecule has 2 fully saturated rings. The largest absolute Gasteiger partial charge is 0.461 e. The van der Waals surface area contributed by atoms with E-state index < -0.39 is 35.8 Å². The van der Waals surface area contributed by atoms with Gasteiger partial charge in [0.2, 0.25) is 5.91 Å². The number of hydrogen-bond donors (Lipinski definition) is 0. The highest BCUT2D eigenvalue weighted by molar-refractivity contribution is 6.23. The van der Waals surface area contributed by atoms with Crippen LogP contribution in [0.2, 0.25) is 0 Å². The number of esters is 1. The molecular formula is C22H25N3O6. The summed E-state index contributed by atoms with van der Waals surface area (Å²) in [6.07, 6.45) is 1.20. The molecule has 2 saturated heterocycles. The topological polar surface area (TPSA) is 104 Å². The van der Waals surface area contributed by atoms with E-state index in [1.807, 2.05) is 6.92 Å². The molecule has 1 unspecified atom stereocenters. The number of hydrazine groups is 1. The van der Waals surface area contributed by atoms with E-state index in [-0.39, 0.29) is 36.0 Å². The Morgan fingerprint density at radius 3 is 2.35 bits per heavy atom. The van der Waals surface area contributed by atoms with E-state index in [0.29, 0.717) is 25.8 Å². The minimum Gasteiger partial charge on any atom is -0.461 e. The van der Waals surface area contributed by atoms with Crippen molar-refractivity contribution in [1.29, 1.82) is 0 Å². The molecule has 0 bridgehead atoms. The molecule has 0 N–H and O–H groups in total. The molecule has 1 aromatic rings. The van der Waals surface area contributed by atoms with Gasteiger partial charge in [-0.2, -0.15) is 0 Å². The molecule has 0 aliphatic carbocycles. The summed E-state index contributed by atoms with van der Waals surface area (Å²) in [7, 11) is 0. The molecule has 0 spiro atoms. The van der Waals surface area contributed by atoms with Crippen molar-refractivity contribution in [2.75, 3.05) is 6.54 Å². The first-order chi connectivity index (χ1) is 14.8. The summed E-state index contributed by atoms with van der Waals surface area (Å²) >= 11 is 0. The van der Waals surface area contributed by atoms with Crippen LogP contribution >= 0.6 is 0 Å². The molecule has 0 aromatic heterocycles. The maximum atomic E-state index is 13.6. The number of ether oxygens (including phenoxy) is 1. The quantitative estimate of drug-likeness (QED) is 0.533. The van der Waals surface area contributed by atoms with Crippen LogP contribution in [0.4, 0.5) is 0 Å². The molecule has 0 saturated carbocycles. The zero-order valence-electron chi connectivity index (χ0n) is 17.6. The minimum absolute atomic E-state index is 0.00651. The SMILES string of the molecule is CCC(C)OC(=O)[C@@H]1CCCN2C(=O)CC[C@H](N3C(=O)c4ccccc4C3=O)C(=O)N12. The highest BCUT2D eigenvalue weighted by atomic mass is 16.5. The summed E-state index contributed by atoms with van der Waals surface area (Å²) in [5, 5.41) is 2.42. The van der Waals surface area contributed by atoms with Gasteiger partial charge in [0.25, 0.3) is 17.7 Å². The van der Waals surface area contributed by atoms with E-state index in [1.165, 1.54) is 5.01 Å². The summed E-state index contributed by atoms with van der Waals surface area (Å²) in [5.41, 5.74) is 0.471. The molecular weight excluding hydrogens is 402 g/mol. The van der Waals surface area contributed by atoms with Gasteiger partial charge in [-0.1, -0.05) is 19.1 Å². The molecule has 1 aromatic carbocycles. The van der Waals surface area contributed by atoms with Crippen LogP contribution in [0.25, 0.3) is 0 Å². The zero-order valence-corrected chi connectivity index (χ0v) is 17.6. The molecule has 3 aliphatic heterocycles. The molecule has 31 heavy (non-hydrogen) atoms. The van der Waals surface area contributed by atoms with Crippen molar-refractivity contribution >= 4 is 29.6 Å². The third kappa shape index (κ3) is 3.47. The molecule has 164 valence electrons. The number of carbonyl (C=O) groups excluding carboxylic acids is 5. The van der Waals surface area contributed by atoms with Crippen molar-refractivity contribution in [3.63, 3.8) is 0 Å². The van der Waals surface area contributed by atoms with E-state index >= 15 is 0 Å². The average molecular weight is 427 g/mol. The Bertz CT molecular complexity index is 925. The van der Waals surface area contributed by atoms with Gasteiger partial charge in [-0.3, -0.25) is 29.1 Å². The third-order valence-electron chi connectivity index (χ3n) is 6.13. The van der Waals surface area contributed by atoms with E-state index in [9.17, 15) is 24.0 Å². The molecule has 3 heterocycles. The van der Waals surface area contributed by atoms with Crippen molar-refractivity contribution in [2.24, 2.45) is 0 Å². The summed E-state index contributed by atoms with van der Waals surface area (Å²) in [6, 6.07) is 4.27. The van der Waals surface area contributed by atoms with Crippen molar-refractivity contribution in [1.82, 2.24) is 14.9 Å². The summed E-state index contributed by atoms with van der Waals surface area (Å²) in [4.78, 5) is 66.0. The first-order valence-electron chi connectivity index (χ1n) is 10.7. The van der Waals surface area contributed by atoms with Crippen LogP contribution in [-0.2, 0) is 19.1 Å². The standard InChI is InChI=1S/C22H25N3O6/c1-3-13(2)31-22(30)17-9-6-12-23-18(26)11-10-16(21(29)25(17)23)24-19(27)14-7-4-5-8-15(14)20(24)28/h4-5,7-8,13,16-17H,3,6,9-12H2,1-2H3/t13?,16-,17-/m0/s1. The van der Waals surface area contributed by atoms with Crippen LogP contribution in [0.3, 0.4) is 0 Å². The van der Waals surface area contributed by atoms with Gasteiger partial charge in [0, 0.05) is 13.0 Å². The maximum absolute atomic E-state index is 13.6. The highest BCUT2D eigenvalue weighted by Gasteiger charge is 2.50. The Labute approximate surface area is 179 Å². The second-order valence-electron chi connectivity index (χ2n) is 8.09. The van der Waals surface area contributed by atoms with Gasteiger partial charge >= 0.3 is 5.97 Å². The summed E-state index contributed by atoms with van der Waals surface area (Å²) in [5.74, 6) is -2.62. The lowest BCUT2D eigenvalue weighted by molar-refractivity contribution is -0.185. The number of rotatable bonds is 4. The van der Waals surface area contributed by atoms with Gasteiger partial charge in [0.15, 0.2) is 6.04 Å². The zero-order chi connectivity index (χ0) is 22.3. The lowest BCUT2D eigenvalue weighted by atomic mass is 10.1. The predicted molar refractivity (Wildman–Crippen MR) is 107 cm³/mol. The van der Waals surface area contributed by atoms with Crippen LogP contribution in [0.5, 0.6) is 0 Å². The molecule has 9 nitrogen and oxygen atoms in total. The van der Waals surface area contributed by atoms with E-state index in [2.05, 4.69) is 0 Å². The predicted octanol–water partition coefficient (Wildman–Crippen LogP) is 1.52. The highest BCUT2D eigenvalue weighted by Crippen LogP contribution is 2.32. The van der Waals surface area contributed by atoms with Crippen LogP contribution in [-0.4, -0.2) is 69.2 Å². The number of imide groups is 1. The second kappa shape index (κ2) is 8.13. The fourth-order valence-corrected chi connectivity index (χ4v) is 4.32. The smallest absolute Gasteiger partial charge is 0.331 e. The first kappa shape index (κ1) is 21.0. The number of nitrogens with zero attached hydrogens (tertiary/aromatic N) is 3. The van der Waals surface area contributed by atoms with Crippen molar-refractivity contribution in [3.05, 3.63) is 35.4 Å². The van der Waals surface area contributed by atoms with Crippen molar-refractivity contribution < 1.29 is 28.7 Å². The normalized spacial score (nSPS) is 24.6. The number of amides is 4. The van der Waals surface area contributed by atoms with E-state index in [1.54, 1.807) is 31.2 Å². The molecule has 0 radical (unpaired) electrons. The Hall–Kier alpha value is -3.23. The lowest BCUT2D eigenvalue weighted by Crippen LogP contribution is -2.63. The average Bonchev–Trinajstić information content (AvgIpc) is 2.95. The first-order valence-corrected chi connectivity index (χ1v) is 10.7. The van der Waals surface area contributed by atoms with Crippen LogP contribution in [0.1, 0.15) is 66.7 Å². The van der Waals surface area contributed by atoms with Gasteiger partial charge in [-0.25, -0.2) is 9.80 Å². The van der Waals surface area contributed by atoms with Gasteiger partial charge in [-0.15, -0.1) is 0 Å². The fourth-order valence-electron chi connectivity index (χ4n) is 4.32. The molecule has 3 atom stereocenters.